The molecule has 3 rings (SSSR count). The lowest BCUT2D eigenvalue weighted by atomic mass is 10.1. The highest BCUT2D eigenvalue weighted by Gasteiger charge is 2.11. The Balaban J connectivity index is 2.16. The molecular weight excluding hydrogens is 267 g/mol. The zero-order chi connectivity index (χ0) is 14.8. The highest BCUT2D eigenvalue weighted by atomic mass is 19.1. The predicted molar refractivity (Wildman–Crippen MR) is 79.8 cm³/mol. The van der Waals surface area contributed by atoms with Crippen molar-refractivity contribution in [3.8, 4) is 22.8 Å². The molecule has 2 N–H and O–H groups in total. The Morgan fingerprint density at radius 1 is 0.905 bits per heavy atom. The maximum absolute atomic E-state index is 13.5. The van der Waals surface area contributed by atoms with Gasteiger partial charge in [-0.2, -0.15) is 9.97 Å². The zero-order valence-electron chi connectivity index (χ0n) is 11.4. The van der Waals surface area contributed by atoms with Crippen LogP contribution in [0, 0.1) is 12.7 Å². The lowest BCUT2D eigenvalue weighted by Gasteiger charge is -2.07. The molecule has 3 aromatic rings. The van der Waals surface area contributed by atoms with E-state index in [1.54, 1.807) is 6.07 Å². The van der Waals surface area contributed by atoms with Gasteiger partial charge in [0, 0.05) is 11.1 Å². The number of benzene rings is 2. The van der Waals surface area contributed by atoms with Gasteiger partial charge in [-0.25, -0.2) is 9.37 Å². The summed E-state index contributed by atoms with van der Waals surface area (Å²) in [5.41, 5.74) is 8.09. The minimum absolute atomic E-state index is 0.113. The maximum Gasteiger partial charge on any atom is 0.224 e. The topological polar surface area (TPSA) is 64.7 Å². The van der Waals surface area contributed by atoms with Crippen LogP contribution in [0.15, 0.2) is 48.5 Å². The van der Waals surface area contributed by atoms with Gasteiger partial charge in [0.05, 0.1) is 0 Å². The van der Waals surface area contributed by atoms with Gasteiger partial charge in [0.25, 0.3) is 0 Å². The number of hydrogen-bond donors (Lipinski definition) is 1. The number of aromatic nitrogens is 3. The summed E-state index contributed by atoms with van der Waals surface area (Å²) in [5, 5.41) is 0. The number of nitrogens with zero attached hydrogens (tertiary/aromatic N) is 3. The van der Waals surface area contributed by atoms with Crippen molar-refractivity contribution < 1.29 is 4.39 Å². The van der Waals surface area contributed by atoms with Gasteiger partial charge in [0.2, 0.25) is 5.95 Å². The number of hydrogen-bond acceptors (Lipinski definition) is 4. The molecule has 0 aliphatic heterocycles. The van der Waals surface area contributed by atoms with Crippen LogP contribution in [0.1, 0.15) is 5.56 Å². The van der Waals surface area contributed by atoms with Gasteiger partial charge in [-0.1, -0.05) is 36.4 Å². The molecular formula is C16H13FN4. The Hall–Kier alpha value is -2.82. The Kier molecular flexibility index (Phi) is 3.31. The van der Waals surface area contributed by atoms with Crippen LogP contribution in [-0.2, 0) is 0 Å². The summed E-state index contributed by atoms with van der Waals surface area (Å²) in [7, 11) is 0. The molecule has 0 radical (unpaired) electrons. The van der Waals surface area contributed by atoms with Gasteiger partial charge in [0.1, 0.15) is 5.82 Å². The minimum Gasteiger partial charge on any atom is -0.368 e. The second-order valence-electron chi connectivity index (χ2n) is 4.67. The molecule has 0 saturated carbocycles. The highest BCUT2D eigenvalue weighted by Crippen LogP contribution is 2.24. The quantitative estimate of drug-likeness (QED) is 0.782. The normalized spacial score (nSPS) is 10.6. The van der Waals surface area contributed by atoms with Gasteiger partial charge in [-0.15, -0.1) is 0 Å². The molecule has 104 valence electrons. The smallest absolute Gasteiger partial charge is 0.224 e. The van der Waals surface area contributed by atoms with Crippen molar-refractivity contribution >= 4 is 5.95 Å². The van der Waals surface area contributed by atoms with E-state index in [2.05, 4.69) is 15.0 Å². The van der Waals surface area contributed by atoms with Crippen molar-refractivity contribution in [2.45, 2.75) is 6.92 Å². The second-order valence-corrected chi connectivity index (χ2v) is 4.67. The molecule has 0 aliphatic carbocycles. The van der Waals surface area contributed by atoms with E-state index in [-0.39, 0.29) is 11.8 Å². The van der Waals surface area contributed by atoms with Gasteiger partial charge in [-0.3, -0.25) is 0 Å². The van der Waals surface area contributed by atoms with Gasteiger partial charge < -0.3 is 5.73 Å². The Bertz CT molecular complexity index is 788. The standard InChI is InChI=1S/C16H13FN4/c1-10-7-8-12(17)9-13(10)15-19-14(20-16(18)21-15)11-5-3-2-4-6-11/h2-9H,1H3,(H2,18,19,20,21). The van der Waals surface area contributed by atoms with Crippen molar-refractivity contribution in [3.63, 3.8) is 0 Å². The molecule has 0 unspecified atom stereocenters. The van der Waals surface area contributed by atoms with Crippen LogP contribution >= 0.6 is 0 Å². The van der Waals surface area contributed by atoms with Crippen LogP contribution in [-0.4, -0.2) is 15.0 Å². The number of nitrogen functional groups attached to an aromatic ring is 1. The maximum atomic E-state index is 13.5. The van der Waals surface area contributed by atoms with Crippen LogP contribution < -0.4 is 5.73 Å². The number of anilines is 1. The van der Waals surface area contributed by atoms with E-state index >= 15 is 0 Å². The van der Waals surface area contributed by atoms with E-state index < -0.39 is 0 Å². The zero-order valence-corrected chi connectivity index (χ0v) is 11.4. The van der Waals surface area contributed by atoms with Crippen LogP contribution in [0.25, 0.3) is 22.8 Å². The van der Waals surface area contributed by atoms with Crippen molar-refractivity contribution in [2.75, 3.05) is 5.73 Å². The third kappa shape index (κ3) is 2.72. The molecule has 0 atom stereocenters. The van der Waals surface area contributed by atoms with Gasteiger partial charge >= 0.3 is 0 Å². The average molecular weight is 280 g/mol. The van der Waals surface area contributed by atoms with E-state index in [1.165, 1.54) is 12.1 Å². The van der Waals surface area contributed by atoms with Crippen LogP contribution in [0.3, 0.4) is 0 Å². The summed E-state index contributed by atoms with van der Waals surface area (Å²) in [6, 6.07) is 14.0. The third-order valence-corrected chi connectivity index (χ3v) is 3.13. The fraction of sp³-hybridized carbons (Fsp3) is 0.0625. The largest absolute Gasteiger partial charge is 0.368 e. The van der Waals surface area contributed by atoms with E-state index in [1.807, 2.05) is 37.3 Å². The first-order valence-corrected chi connectivity index (χ1v) is 6.47. The molecule has 21 heavy (non-hydrogen) atoms. The molecule has 0 aliphatic rings. The molecule has 0 spiro atoms. The molecule has 5 heteroatoms. The summed E-state index contributed by atoms with van der Waals surface area (Å²) in [4.78, 5) is 12.7. The summed E-state index contributed by atoms with van der Waals surface area (Å²) < 4.78 is 13.5. The monoisotopic (exact) mass is 280 g/mol. The van der Waals surface area contributed by atoms with Gasteiger partial charge in [-0.05, 0) is 24.6 Å². The molecule has 0 amide bonds. The van der Waals surface area contributed by atoms with Crippen molar-refractivity contribution in [2.24, 2.45) is 0 Å². The van der Waals surface area contributed by atoms with E-state index in [0.29, 0.717) is 17.2 Å². The van der Waals surface area contributed by atoms with Crippen LogP contribution in [0.5, 0.6) is 0 Å². The molecule has 0 bridgehead atoms. The van der Waals surface area contributed by atoms with E-state index in [4.69, 9.17) is 5.73 Å². The number of aryl methyl sites for hydroxylation is 1. The number of rotatable bonds is 2. The predicted octanol–water partition coefficient (Wildman–Crippen LogP) is 3.24. The molecule has 2 aromatic carbocycles. The molecule has 0 fully saturated rings. The first-order chi connectivity index (χ1) is 10.1. The Morgan fingerprint density at radius 2 is 1.62 bits per heavy atom. The second kappa shape index (κ2) is 5.28. The van der Waals surface area contributed by atoms with E-state index in [9.17, 15) is 4.39 Å². The Morgan fingerprint density at radius 3 is 2.38 bits per heavy atom. The lowest BCUT2D eigenvalue weighted by molar-refractivity contribution is 0.627. The molecule has 1 aromatic heterocycles. The highest BCUT2D eigenvalue weighted by molar-refractivity contribution is 5.64. The number of nitrogens with two attached hydrogens (primary N) is 1. The summed E-state index contributed by atoms with van der Waals surface area (Å²) >= 11 is 0. The number of halogens is 1. The van der Waals surface area contributed by atoms with E-state index in [0.717, 1.165) is 11.1 Å². The fourth-order valence-electron chi connectivity index (χ4n) is 2.06. The molecule has 4 nitrogen and oxygen atoms in total. The van der Waals surface area contributed by atoms with Crippen molar-refractivity contribution in [3.05, 3.63) is 59.9 Å². The molecule has 0 saturated heterocycles. The average Bonchev–Trinajstić information content (AvgIpc) is 2.50. The first kappa shape index (κ1) is 13.2. The van der Waals surface area contributed by atoms with Crippen LogP contribution in [0.4, 0.5) is 10.3 Å². The summed E-state index contributed by atoms with van der Waals surface area (Å²) in [5.74, 6) is 0.624. The summed E-state index contributed by atoms with van der Waals surface area (Å²) in [6.07, 6.45) is 0. The fourth-order valence-corrected chi connectivity index (χ4v) is 2.06. The third-order valence-electron chi connectivity index (χ3n) is 3.13. The van der Waals surface area contributed by atoms with Crippen molar-refractivity contribution in [1.29, 1.82) is 0 Å². The lowest BCUT2D eigenvalue weighted by Crippen LogP contribution is -2.03. The summed E-state index contributed by atoms with van der Waals surface area (Å²) in [6.45, 7) is 1.87. The molecule has 1 heterocycles. The SMILES string of the molecule is Cc1ccc(F)cc1-c1nc(N)nc(-c2ccccc2)n1. The van der Waals surface area contributed by atoms with Crippen molar-refractivity contribution in [1.82, 2.24) is 15.0 Å². The first-order valence-electron chi connectivity index (χ1n) is 6.47. The van der Waals surface area contributed by atoms with Gasteiger partial charge in [0.15, 0.2) is 11.6 Å². The van der Waals surface area contributed by atoms with Crippen LogP contribution in [0.2, 0.25) is 0 Å². The minimum atomic E-state index is -0.337. The Labute approximate surface area is 121 Å².